The van der Waals surface area contributed by atoms with Crippen LogP contribution in [0.4, 0.5) is 4.39 Å². The summed E-state index contributed by atoms with van der Waals surface area (Å²) >= 11 is 0. The van der Waals surface area contributed by atoms with E-state index in [9.17, 15) is 14.3 Å². The molecule has 6 heteroatoms. The first-order valence-electron chi connectivity index (χ1n) is 4.71. The molecule has 2 unspecified atom stereocenters. The summed E-state index contributed by atoms with van der Waals surface area (Å²) in [7, 11) is 0. The number of carboxylic acids is 1. The van der Waals surface area contributed by atoms with Gasteiger partial charge in [0.2, 0.25) is 0 Å². The maximum absolute atomic E-state index is 12.9. The van der Waals surface area contributed by atoms with Gasteiger partial charge in [0.05, 0.1) is 12.5 Å². The van der Waals surface area contributed by atoms with Gasteiger partial charge in [0, 0.05) is 0 Å². The molecule has 0 bridgehead atoms. The summed E-state index contributed by atoms with van der Waals surface area (Å²) < 4.78 is 12.9. The number of aliphatic carboxylic acids is 1. The van der Waals surface area contributed by atoms with E-state index in [1.54, 1.807) is 0 Å². The molecule has 0 aliphatic rings. The van der Waals surface area contributed by atoms with Crippen LogP contribution >= 0.6 is 0 Å². The minimum atomic E-state index is -1.69. The number of hydrogen-bond acceptors (Lipinski definition) is 4. The van der Waals surface area contributed by atoms with Gasteiger partial charge in [-0.1, -0.05) is 6.07 Å². The van der Waals surface area contributed by atoms with Crippen LogP contribution in [-0.2, 0) is 11.2 Å². The number of halogens is 1. The lowest BCUT2D eigenvalue weighted by Crippen LogP contribution is -2.18. The largest absolute Gasteiger partial charge is 0.481 e. The molecule has 0 aromatic heterocycles. The molecule has 0 fully saturated rings. The Hall–Kier alpha value is -1.97. The average molecular weight is 239 g/mol. The topological polar surface area (TPSA) is 102 Å². The number of nitriles is 1. The highest BCUT2D eigenvalue weighted by molar-refractivity contribution is 5.70. The lowest BCUT2D eigenvalue weighted by molar-refractivity contribution is -0.136. The molecule has 17 heavy (non-hydrogen) atoms. The minimum Gasteiger partial charge on any atom is -0.481 e. The van der Waals surface area contributed by atoms with Gasteiger partial charge in [-0.25, -0.2) is 4.39 Å². The van der Waals surface area contributed by atoms with Gasteiger partial charge in [0.1, 0.15) is 11.9 Å². The second-order valence-electron chi connectivity index (χ2n) is 3.43. The van der Waals surface area contributed by atoms with Crippen molar-refractivity contribution in [2.24, 2.45) is 0 Å². The summed E-state index contributed by atoms with van der Waals surface area (Å²) in [4.78, 5) is 10.6. The Labute approximate surface area is 96.4 Å². The van der Waals surface area contributed by atoms with Crippen molar-refractivity contribution in [2.45, 2.75) is 18.6 Å². The summed E-state index contributed by atoms with van der Waals surface area (Å²) in [6.07, 6.45) is -3.74. The van der Waals surface area contributed by atoms with Gasteiger partial charge < -0.3 is 15.3 Å². The molecule has 0 spiro atoms. The Kier molecular flexibility index (Phi) is 4.15. The third-order valence-electron chi connectivity index (χ3n) is 2.20. The molecule has 5 nitrogen and oxygen atoms in total. The lowest BCUT2D eigenvalue weighted by Gasteiger charge is -2.15. The van der Waals surface area contributed by atoms with Crippen molar-refractivity contribution in [3.8, 4) is 6.07 Å². The fraction of sp³-hybridized carbons (Fsp3) is 0.273. The van der Waals surface area contributed by atoms with Gasteiger partial charge in [-0.2, -0.15) is 5.26 Å². The number of aliphatic hydroxyl groups is 2. The van der Waals surface area contributed by atoms with E-state index < -0.39 is 30.4 Å². The van der Waals surface area contributed by atoms with Gasteiger partial charge in [-0.15, -0.1) is 0 Å². The van der Waals surface area contributed by atoms with Crippen molar-refractivity contribution in [2.75, 3.05) is 0 Å². The average Bonchev–Trinajstić information content (AvgIpc) is 2.26. The zero-order valence-corrected chi connectivity index (χ0v) is 8.67. The van der Waals surface area contributed by atoms with Crippen LogP contribution in [0.3, 0.4) is 0 Å². The molecule has 0 amide bonds. The van der Waals surface area contributed by atoms with Crippen LogP contribution < -0.4 is 0 Å². The van der Waals surface area contributed by atoms with E-state index in [2.05, 4.69) is 0 Å². The molecule has 0 aliphatic carbocycles. The number of hydrogen-bond donors (Lipinski definition) is 3. The van der Waals surface area contributed by atoms with Gasteiger partial charge in [-0.05, 0) is 23.3 Å². The van der Waals surface area contributed by atoms with Crippen LogP contribution in [0.5, 0.6) is 0 Å². The standard InChI is InChI=1S/C11H10FNO4/c12-7-1-2-8(11(17)9(14)5-13)6(3-7)4-10(15)16/h1-3,9,11,14,17H,4H2,(H,15,16). The first-order chi connectivity index (χ1) is 7.95. The highest BCUT2D eigenvalue weighted by atomic mass is 19.1. The molecule has 2 atom stereocenters. The number of aliphatic hydroxyl groups excluding tert-OH is 2. The lowest BCUT2D eigenvalue weighted by atomic mass is 9.97. The third-order valence-corrected chi connectivity index (χ3v) is 2.20. The fourth-order valence-corrected chi connectivity index (χ4v) is 1.42. The van der Waals surface area contributed by atoms with Gasteiger partial charge in [0.25, 0.3) is 0 Å². The third kappa shape index (κ3) is 3.24. The smallest absolute Gasteiger partial charge is 0.307 e. The van der Waals surface area contributed by atoms with Crippen molar-refractivity contribution >= 4 is 5.97 Å². The molecule has 0 saturated heterocycles. The Morgan fingerprint density at radius 3 is 2.65 bits per heavy atom. The summed E-state index contributed by atoms with van der Waals surface area (Å²) in [6.45, 7) is 0. The number of carboxylic acid groups (broad SMARTS) is 1. The number of benzene rings is 1. The number of rotatable bonds is 4. The molecule has 0 aliphatic heterocycles. The predicted molar refractivity (Wildman–Crippen MR) is 54.3 cm³/mol. The molecule has 0 heterocycles. The van der Waals surface area contributed by atoms with E-state index in [0.717, 1.165) is 18.2 Å². The van der Waals surface area contributed by atoms with E-state index in [4.69, 9.17) is 15.5 Å². The first kappa shape index (κ1) is 13.1. The summed E-state index contributed by atoms with van der Waals surface area (Å²) in [5, 5.41) is 35.8. The molecule has 90 valence electrons. The molecule has 0 saturated carbocycles. The molecule has 1 rings (SSSR count). The van der Waals surface area contributed by atoms with Crippen LogP contribution in [0.15, 0.2) is 18.2 Å². The maximum Gasteiger partial charge on any atom is 0.307 e. The monoisotopic (exact) mass is 239 g/mol. The van der Waals surface area contributed by atoms with E-state index in [0.29, 0.717) is 0 Å². The Morgan fingerprint density at radius 2 is 2.12 bits per heavy atom. The Balaban J connectivity index is 3.14. The highest BCUT2D eigenvalue weighted by Crippen LogP contribution is 2.22. The van der Waals surface area contributed by atoms with Crippen LogP contribution in [0.2, 0.25) is 0 Å². The van der Waals surface area contributed by atoms with E-state index in [1.807, 2.05) is 0 Å². The quantitative estimate of drug-likeness (QED) is 0.659. The van der Waals surface area contributed by atoms with Crippen molar-refractivity contribution in [3.05, 3.63) is 35.1 Å². The van der Waals surface area contributed by atoms with Crippen LogP contribution in [-0.4, -0.2) is 27.4 Å². The summed E-state index contributed by atoms with van der Waals surface area (Å²) in [6, 6.07) is 4.55. The van der Waals surface area contributed by atoms with E-state index in [1.165, 1.54) is 6.07 Å². The highest BCUT2D eigenvalue weighted by Gasteiger charge is 2.21. The summed E-state index contributed by atoms with van der Waals surface area (Å²) in [5.41, 5.74) is 0.0575. The minimum absolute atomic E-state index is 0.0271. The fourth-order valence-electron chi connectivity index (χ4n) is 1.42. The van der Waals surface area contributed by atoms with Gasteiger partial charge in [-0.3, -0.25) is 4.79 Å². The van der Waals surface area contributed by atoms with E-state index >= 15 is 0 Å². The zero-order chi connectivity index (χ0) is 13.0. The van der Waals surface area contributed by atoms with Gasteiger partial charge in [0.15, 0.2) is 6.10 Å². The summed E-state index contributed by atoms with van der Waals surface area (Å²) in [5.74, 6) is -1.85. The molecule has 1 aromatic carbocycles. The zero-order valence-electron chi connectivity index (χ0n) is 8.67. The molecular formula is C11H10FNO4. The van der Waals surface area contributed by atoms with Crippen LogP contribution in [0.25, 0.3) is 0 Å². The molecule has 1 aromatic rings. The van der Waals surface area contributed by atoms with Crippen molar-refractivity contribution in [3.63, 3.8) is 0 Å². The van der Waals surface area contributed by atoms with Crippen LogP contribution in [0, 0.1) is 17.1 Å². The van der Waals surface area contributed by atoms with Crippen LogP contribution in [0.1, 0.15) is 17.2 Å². The van der Waals surface area contributed by atoms with Crippen molar-refractivity contribution in [1.29, 1.82) is 5.26 Å². The number of carbonyl (C=O) groups is 1. The SMILES string of the molecule is N#CC(O)C(O)c1ccc(F)cc1CC(=O)O. The van der Waals surface area contributed by atoms with Crippen molar-refractivity contribution in [1.82, 2.24) is 0 Å². The Bertz CT molecular complexity index is 469. The maximum atomic E-state index is 12.9. The first-order valence-corrected chi connectivity index (χ1v) is 4.71. The molecule has 0 radical (unpaired) electrons. The second-order valence-corrected chi connectivity index (χ2v) is 3.43. The second kappa shape index (κ2) is 5.39. The number of nitrogens with zero attached hydrogens (tertiary/aromatic N) is 1. The normalized spacial score (nSPS) is 13.8. The Morgan fingerprint density at radius 1 is 1.47 bits per heavy atom. The predicted octanol–water partition coefficient (Wildman–Crippen LogP) is 0.371. The van der Waals surface area contributed by atoms with E-state index in [-0.39, 0.29) is 11.1 Å². The van der Waals surface area contributed by atoms with Gasteiger partial charge >= 0.3 is 5.97 Å². The molecule has 3 N–H and O–H groups in total. The van der Waals surface area contributed by atoms with Crippen molar-refractivity contribution < 1.29 is 24.5 Å². The molecular weight excluding hydrogens is 229 g/mol.